The molecule has 1 aromatic heterocycles. The Morgan fingerprint density at radius 2 is 2.14 bits per heavy atom. The van der Waals surface area contributed by atoms with E-state index in [1.54, 1.807) is 4.68 Å². The first-order valence-corrected chi connectivity index (χ1v) is 7.48. The molecule has 21 heavy (non-hydrogen) atoms. The van der Waals surface area contributed by atoms with Gasteiger partial charge in [0.2, 0.25) is 0 Å². The van der Waals surface area contributed by atoms with Crippen molar-refractivity contribution in [1.82, 2.24) is 14.7 Å². The summed E-state index contributed by atoms with van der Waals surface area (Å²) in [5.41, 5.74) is 1.99. The Kier molecular flexibility index (Phi) is 5.24. The molecule has 0 aliphatic carbocycles. The number of carbonyl (C=O) groups is 1. The fraction of sp³-hybridized carbons (Fsp3) is 0.714. The number of aryl methyl sites for hydroxylation is 2. The van der Waals surface area contributed by atoms with Crippen LogP contribution in [-0.2, 0) is 23.1 Å². The van der Waals surface area contributed by atoms with Crippen LogP contribution in [0.15, 0.2) is 0 Å². The zero-order chi connectivity index (χ0) is 15.6. The smallest absolute Gasteiger partial charge is 0.334 e. The third kappa shape index (κ3) is 3.56. The van der Waals surface area contributed by atoms with Crippen molar-refractivity contribution in [1.29, 1.82) is 0 Å². The van der Waals surface area contributed by atoms with Gasteiger partial charge in [-0.3, -0.25) is 9.58 Å². The van der Waals surface area contributed by atoms with Gasteiger partial charge in [0.25, 0.3) is 0 Å². The molecular weight excluding hydrogens is 294 g/mol. The van der Waals surface area contributed by atoms with Crippen LogP contribution in [0.25, 0.3) is 0 Å². The van der Waals surface area contributed by atoms with Gasteiger partial charge < -0.3 is 9.84 Å². The summed E-state index contributed by atoms with van der Waals surface area (Å²) >= 11 is 6.25. The van der Waals surface area contributed by atoms with E-state index < -0.39 is 12.1 Å². The molecule has 1 aliphatic rings. The fourth-order valence-electron chi connectivity index (χ4n) is 2.82. The normalized spacial score (nSPS) is 18.7. The van der Waals surface area contributed by atoms with Gasteiger partial charge in [0.1, 0.15) is 5.15 Å². The van der Waals surface area contributed by atoms with Gasteiger partial charge >= 0.3 is 5.97 Å². The van der Waals surface area contributed by atoms with Gasteiger partial charge in [0, 0.05) is 19.2 Å². The number of rotatable bonds is 4. The molecule has 1 fully saturated rings. The largest absolute Gasteiger partial charge is 0.467 e. The van der Waals surface area contributed by atoms with E-state index in [9.17, 15) is 9.90 Å². The number of carbonyl (C=O) groups excluding carboxylic acids is 1. The van der Waals surface area contributed by atoms with E-state index in [1.807, 2.05) is 14.0 Å². The summed E-state index contributed by atoms with van der Waals surface area (Å²) in [6.45, 7) is 4.35. The molecule has 0 aromatic carbocycles. The second kappa shape index (κ2) is 6.77. The van der Waals surface area contributed by atoms with Crippen molar-refractivity contribution in [2.24, 2.45) is 13.0 Å². The quantitative estimate of drug-likeness (QED) is 0.844. The van der Waals surface area contributed by atoms with Crippen molar-refractivity contribution in [3.63, 3.8) is 0 Å². The van der Waals surface area contributed by atoms with Crippen molar-refractivity contribution in [3.05, 3.63) is 16.4 Å². The molecule has 2 heterocycles. The number of ether oxygens (including phenoxy) is 1. The van der Waals surface area contributed by atoms with Gasteiger partial charge in [0.15, 0.2) is 6.10 Å². The second-order valence-electron chi connectivity index (χ2n) is 5.56. The second-order valence-corrected chi connectivity index (χ2v) is 5.92. The predicted octanol–water partition coefficient (Wildman–Crippen LogP) is 1.13. The zero-order valence-corrected chi connectivity index (χ0v) is 13.4. The molecular formula is C14H22ClN3O3. The highest BCUT2D eigenvalue weighted by molar-refractivity contribution is 6.30. The van der Waals surface area contributed by atoms with Crippen molar-refractivity contribution < 1.29 is 14.6 Å². The van der Waals surface area contributed by atoms with Crippen LogP contribution < -0.4 is 0 Å². The molecule has 0 saturated carbocycles. The van der Waals surface area contributed by atoms with Crippen LogP contribution in [-0.4, -0.2) is 52.1 Å². The Hall–Kier alpha value is -1.11. The Morgan fingerprint density at radius 3 is 2.62 bits per heavy atom. The lowest BCUT2D eigenvalue weighted by atomic mass is 9.91. The maximum absolute atomic E-state index is 11.4. The molecule has 6 nitrogen and oxygen atoms in total. The number of piperidine rings is 1. The van der Waals surface area contributed by atoms with Gasteiger partial charge in [-0.2, -0.15) is 5.10 Å². The summed E-state index contributed by atoms with van der Waals surface area (Å²) in [5, 5.41) is 14.9. The van der Waals surface area contributed by atoms with Crippen LogP contribution in [0.2, 0.25) is 5.15 Å². The summed E-state index contributed by atoms with van der Waals surface area (Å²) in [7, 11) is 3.13. The Balaban J connectivity index is 1.91. The Morgan fingerprint density at radius 1 is 1.52 bits per heavy atom. The molecule has 1 aliphatic heterocycles. The van der Waals surface area contributed by atoms with E-state index in [2.05, 4.69) is 14.7 Å². The average Bonchev–Trinajstić information content (AvgIpc) is 2.73. The summed E-state index contributed by atoms with van der Waals surface area (Å²) < 4.78 is 6.27. The molecule has 1 saturated heterocycles. The van der Waals surface area contributed by atoms with Gasteiger partial charge in [-0.25, -0.2) is 4.79 Å². The van der Waals surface area contributed by atoms with Crippen molar-refractivity contribution in [2.45, 2.75) is 32.4 Å². The number of aromatic nitrogens is 2. The third-order valence-electron chi connectivity index (χ3n) is 4.17. The molecule has 118 valence electrons. The molecule has 0 radical (unpaired) electrons. The number of aliphatic hydroxyl groups excluding tert-OH is 1. The molecule has 7 heteroatoms. The maximum Gasteiger partial charge on any atom is 0.334 e. The Labute approximate surface area is 129 Å². The minimum absolute atomic E-state index is 0.0285. The van der Waals surface area contributed by atoms with E-state index in [1.165, 1.54) is 7.11 Å². The van der Waals surface area contributed by atoms with Crippen LogP contribution in [0, 0.1) is 12.8 Å². The van der Waals surface area contributed by atoms with E-state index >= 15 is 0 Å². The van der Waals surface area contributed by atoms with E-state index in [0.717, 1.165) is 43.7 Å². The predicted molar refractivity (Wildman–Crippen MR) is 79.0 cm³/mol. The van der Waals surface area contributed by atoms with E-state index in [-0.39, 0.29) is 5.92 Å². The average molecular weight is 316 g/mol. The number of esters is 1. The summed E-state index contributed by atoms with van der Waals surface area (Å²) in [6.07, 6.45) is 0.529. The van der Waals surface area contributed by atoms with Crippen LogP contribution >= 0.6 is 11.6 Å². The molecule has 0 spiro atoms. The SMILES string of the molecule is COC(=O)C(O)C1CCN(Cc2c(C)nn(C)c2Cl)CC1. The number of nitrogens with zero attached hydrogens (tertiary/aromatic N) is 3. The molecule has 1 aromatic rings. The maximum atomic E-state index is 11.4. The number of aliphatic hydroxyl groups is 1. The lowest BCUT2D eigenvalue weighted by molar-refractivity contribution is -0.154. The molecule has 0 bridgehead atoms. The fourth-order valence-corrected chi connectivity index (χ4v) is 3.05. The minimum Gasteiger partial charge on any atom is -0.467 e. The van der Waals surface area contributed by atoms with Gasteiger partial charge in [-0.15, -0.1) is 0 Å². The first-order chi connectivity index (χ1) is 9.93. The van der Waals surface area contributed by atoms with Crippen molar-refractivity contribution >= 4 is 17.6 Å². The van der Waals surface area contributed by atoms with Gasteiger partial charge in [0.05, 0.1) is 12.8 Å². The van der Waals surface area contributed by atoms with Crippen LogP contribution in [0.4, 0.5) is 0 Å². The van der Waals surface area contributed by atoms with Crippen LogP contribution in [0.5, 0.6) is 0 Å². The lowest BCUT2D eigenvalue weighted by Gasteiger charge is -2.33. The first-order valence-electron chi connectivity index (χ1n) is 7.10. The zero-order valence-electron chi connectivity index (χ0n) is 12.7. The topological polar surface area (TPSA) is 67.6 Å². The highest BCUT2D eigenvalue weighted by Gasteiger charge is 2.30. The lowest BCUT2D eigenvalue weighted by Crippen LogP contribution is -2.40. The monoisotopic (exact) mass is 315 g/mol. The molecule has 1 atom stereocenters. The highest BCUT2D eigenvalue weighted by atomic mass is 35.5. The summed E-state index contributed by atoms with van der Waals surface area (Å²) in [4.78, 5) is 13.6. The van der Waals surface area contributed by atoms with Crippen molar-refractivity contribution in [3.8, 4) is 0 Å². The number of methoxy groups -OCH3 is 1. The number of hydrogen-bond acceptors (Lipinski definition) is 5. The molecule has 2 rings (SSSR count). The van der Waals surface area contributed by atoms with Crippen LogP contribution in [0.1, 0.15) is 24.1 Å². The van der Waals surface area contributed by atoms with Gasteiger partial charge in [-0.1, -0.05) is 11.6 Å². The van der Waals surface area contributed by atoms with E-state index in [0.29, 0.717) is 5.15 Å². The number of hydrogen-bond donors (Lipinski definition) is 1. The number of likely N-dealkylation sites (tertiary alicyclic amines) is 1. The highest BCUT2D eigenvalue weighted by Crippen LogP contribution is 2.25. The summed E-state index contributed by atoms with van der Waals surface area (Å²) in [6, 6.07) is 0. The minimum atomic E-state index is -1.01. The Bertz CT molecular complexity index is 510. The standard InChI is InChI=1S/C14H22ClN3O3/c1-9-11(13(15)17(2)16-9)8-18-6-4-10(5-7-18)12(19)14(20)21-3/h10,12,19H,4-8H2,1-3H3. The molecule has 1 N–H and O–H groups in total. The molecule has 1 unspecified atom stereocenters. The van der Waals surface area contributed by atoms with E-state index in [4.69, 9.17) is 11.6 Å². The molecule has 0 amide bonds. The first kappa shape index (κ1) is 16.3. The van der Waals surface area contributed by atoms with Gasteiger partial charge in [-0.05, 0) is 38.8 Å². The number of halogens is 1. The summed E-state index contributed by atoms with van der Waals surface area (Å²) in [5.74, 6) is -0.571. The third-order valence-corrected chi connectivity index (χ3v) is 4.65. The van der Waals surface area contributed by atoms with Crippen LogP contribution in [0.3, 0.4) is 0 Å². The van der Waals surface area contributed by atoms with Crippen molar-refractivity contribution in [2.75, 3.05) is 20.2 Å².